The second-order valence-electron chi connectivity index (χ2n) is 6.39. The maximum absolute atomic E-state index is 10.7. The van der Waals surface area contributed by atoms with Crippen molar-refractivity contribution in [3.63, 3.8) is 0 Å². The smallest absolute Gasteiger partial charge is 0 e. The van der Waals surface area contributed by atoms with Gasteiger partial charge in [0.15, 0.2) is 11.4 Å². The van der Waals surface area contributed by atoms with E-state index in [9.17, 15) is 25.2 Å². The molecule has 0 aromatic carbocycles. The topological polar surface area (TPSA) is 173 Å². The van der Waals surface area contributed by atoms with E-state index in [2.05, 4.69) is 27.0 Å². The van der Waals surface area contributed by atoms with Gasteiger partial charge in [0, 0.05) is 63.9 Å². The third kappa shape index (κ3) is 34.2. The SMILES string of the molecule is C.C=C(O/N=C(/C#N)CC)N1CCOCC1.C[C-]=O.Cn1nnc2cccnc21.F[P-](F)(F)(F)(F)F.O=C=O.O[At].[U]. The molecule has 2 aromatic heterocycles. The number of hydrogen-bond acceptors (Lipinski definition) is 12. The van der Waals surface area contributed by atoms with Crippen LogP contribution in [-0.2, 0) is 31.0 Å². The van der Waals surface area contributed by atoms with Gasteiger partial charge in [0.25, 0.3) is 0 Å². The van der Waals surface area contributed by atoms with Crippen LogP contribution >= 0.6 is 7.81 Å². The van der Waals surface area contributed by atoms with E-state index in [1.165, 1.54) is 13.2 Å². The average Bonchev–Trinajstić information content (AvgIpc) is 3.27. The van der Waals surface area contributed by atoms with Crippen molar-refractivity contribution < 1.29 is 109 Å². The van der Waals surface area contributed by atoms with Crippen molar-refractivity contribution >= 4 is 37.1 Å². The molecule has 22 heteroatoms. The number of nitrogens with zero attached hydrogens (tertiary/aromatic N) is 7. The molecule has 0 radical (unpaired) electrons. The predicted octanol–water partition coefficient (Wildman–Crippen LogP) is 4.45. The number of nitriles is 1. The number of ether oxygens (including phenoxy) is 1. The summed E-state index contributed by atoms with van der Waals surface area (Å²) < 4.78 is 73.1. The Balaban J connectivity index is -0.000000148. The molecule has 1 aliphatic rings. The van der Waals surface area contributed by atoms with E-state index in [1.54, 1.807) is 10.9 Å². The monoisotopic (exact) mass is 1060 g/mol. The van der Waals surface area contributed by atoms with Crippen LogP contribution in [0, 0.1) is 67.6 Å². The number of morpholine rings is 1. The van der Waals surface area contributed by atoms with E-state index in [0.29, 0.717) is 31.2 Å². The van der Waals surface area contributed by atoms with E-state index >= 15 is 0 Å². The molecule has 0 aliphatic carbocycles. The van der Waals surface area contributed by atoms with Gasteiger partial charge in [-0.15, -0.1) is 5.10 Å². The van der Waals surface area contributed by atoms with Crippen molar-refractivity contribution in [2.45, 2.75) is 27.7 Å². The molecular weight excluding hydrogens is 1030 g/mol. The molecule has 3 heterocycles. The summed E-state index contributed by atoms with van der Waals surface area (Å²) in [5.41, 5.74) is 2.02. The van der Waals surface area contributed by atoms with Crippen molar-refractivity contribution in [3.8, 4) is 6.07 Å². The van der Waals surface area contributed by atoms with Gasteiger partial charge in [0.1, 0.15) is 11.6 Å². The molecule has 240 valence electrons. The summed E-state index contributed by atoms with van der Waals surface area (Å²) in [7, 11) is -8.84. The molecule has 0 atom stereocenters. The van der Waals surface area contributed by atoms with Crippen LogP contribution in [0.5, 0.6) is 0 Å². The minimum Gasteiger partial charge on any atom is 0 e. The number of aryl methyl sites for hydroxylation is 1. The van der Waals surface area contributed by atoms with Gasteiger partial charge >= 0.3 is 67.5 Å². The maximum Gasteiger partial charge on any atom is 0 e. The summed E-state index contributed by atoms with van der Waals surface area (Å²) in [6, 6.07) is 5.68. The number of rotatable bonds is 4. The second-order valence-corrected chi connectivity index (χ2v) is 8.31. The first kappa shape index (κ1) is 49.6. The standard InChI is InChI=1S/C10H15N3O2.C6H6N4.C2H3O.CO2.CH4.AtHO.F6P.U/c1-3-10(8-11)12-15-9(2)13-4-6-14-7-5-13;1-10-6-5(8-9-10)3-2-4-7-6;1-2-3;2-1-3;;1-2;1-7(2,3,4,5)6;/h2-7H2,1H3;2-4H,1H3;1H3;;1H4;2H;;/q;;-1;;;;-1;/b12-10+;;;;;;;. The number of hydrogen-bond donors (Lipinski definition) is 1. The Kier molecular flexibility index (Phi) is 28.8. The van der Waals surface area contributed by atoms with Crippen LogP contribution in [0.1, 0.15) is 27.7 Å². The summed E-state index contributed by atoms with van der Waals surface area (Å²) in [5.74, 6) is 0.472. The van der Waals surface area contributed by atoms with Crippen LogP contribution in [0.2, 0.25) is 0 Å². The Hall–Kier alpha value is -2.03. The zero-order valence-electron chi connectivity index (χ0n) is 21.7. The Morgan fingerprint density at radius 2 is 1.71 bits per heavy atom. The number of pyridine rings is 1. The summed E-state index contributed by atoms with van der Waals surface area (Å²) in [6.07, 6.45) is 4.04. The third-order valence-electron chi connectivity index (χ3n) is 3.45. The first-order chi connectivity index (χ1) is 18.4. The van der Waals surface area contributed by atoms with Crippen LogP contribution in [0.3, 0.4) is 0 Å². The second kappa shape index (κ2) is 24.4. The fourth-order valence-corrected chi connectivity index (χ4v) is 2.02. The number of halogens is 6. The fourth-order valence-electron chi connectivity index (χ4n) is 2.02. The quantitative estimate of drug-likeness (QED) is 0.115. The molecule has 1 aliphatic heterocycles. The van der Waals surface area contributed by atoms with Crippen molar-refractivity contribution in [3.05, 3.63) is 30.8 Å². The Bertz CT molecular complexity index is 1130. The van der Waals surface area contributed by atoms with E-state index in [0.717, 1.165) is 49.4 Å². The summed E-state index contributed by atoms with van der Waals surface area (Å²) in [6.45, 7) is 9.77. The zero-order chi connectivity index (χ0) is 31.9. The van der Waals surface area contributed by atoms with E-state index in [4.69, 9.17) is 32.4 Å². The van der Waals surface area contributed by atoms with E-state index < -0.39 is 7.81 Å². The molecule has 1 saturated heterocycles. The van der Waals surface area contributed by atoms with Crippen molar-refractivity contribution in [2.24, 2.45) is 12.2 Å². The molecule has 1 N–H and O–H groups in total. The Morgan fingerprint density at radius 3 is 2.10 bits per heavy atom. The van der Waals surface area contributed by atoms with Gasteiger partial charge < -0.3 is 19.3 Å². The third-order valence-corrected chi connectivity index (χ3v) is 3.45. The molecule has 13 nitrogen and oxygen atoms in total. The molecule has 0 saturated carbocycles. The van der Waals surface area contributed by atoms with Crippen LogP contribution < -0.4 is 0 Å². The van der Waals surface area contributed by atoms with Crippen LogP contribution in [0.25, 0.3) is 11.2 Å². The van der Waals surface area contributed by atoms with Gasteiger partial charge in [-0.3, -0.25) is 6.29 Å². The molecular formula is C20H29AtF6N7O6PU-2. The number of oxime groups is 1. The number of carbonyl (C=O) groups excluding carboxylic acids is 3. The first-order valence-electron chi connectivity index (χ1n) is 10.2. The molecule has 2 aromatic rings. The first-order valence-corrected chi connectivity index (χ1v) is 13.6. The van der Waals surface area contributed by atoms with Gasteiger partial charge in [-0.1, -0.05) is 24.7 Å². The predicted molar refractivity (Wildman–Crippen MR) is 131 cm³/mol. The summed E-state index contributed by atoms with van der Waals surface area (Å²) >= 11 is 0.722. The van der Waals surface area contributed by atoms with Crippen molar-refractivity contribution in [1.82, 2.24) is 24.9 Å². The molecule has 0 unspecified atom stereocenters. The van der Waals surface area contributed by atoms with Crippen LogP contribution in [-0.4, -0.2) is 72.5 Å². The van der Waals surface area contributed by atoms with Gasteiger partial charge in [0.2, 0.25) is 5.88 Å². The van der Waals surface area contributed by atoms with Gasteiger partial charge in [-0.05, 0) is 18.7 Å². The summed E-state index contributed by atoms with van der Waals surface area (Å²) in [5, 5.41) is 20.0. The zero-order valence-corrected chi connectivity index (χ0v) is 29.7. The molecule has 0 spiro atoms. The molecule has 1 fully saturated rings. The molecule has 42 heavy (non-hydrogen) atoms. The normalized spacial score (nSPS) is 13.1. The van der Waals surface area contributed by atoms with E-state index in [1.807, 2.05) is 37.1 Å². The van der Waals surface area contributed by atoms with Gasteiger partial charge in [0.05, 0.1) is 13.2 Å². The number of aromatic nitrogens is 4. The van der Waals surface area contributed by atoms with Crippen LogP contribution in [0.4, 0.5) is 25.2 Å². The Morgan fingerprint density at radius 1 is 1.26 bits per heavy atom. The minimum absolute atomic E-state index is 0. The molecule has 0 bridgehead atoms. The fraction of sp³-hybridized carbons (Fsp3) is 0.450. The molecule has 3 rings (SSSR count). The largest absolute Gasteiger partial charge is 0 e. The minimum atomic E-state index is -10.7. The van der Waals surface area contributed by atoms with E-state index in [-0.39, 0.29) is 44.7 Å². The number of fused-ring (bicyclic) bond motifs is 1. The summed E-state index contributed by atoms with van der Waals surface area (Å²) in [4.78, 5) is 36.0. The average molecular weight is 1060 g/mol. The van der Waals surface area contributed by atoms with Gasteiger partial charge in [-0.2, -0.15) is 21.8 Å². The van der Waals surface area contributed by atoms with Crippen molar-refractivity contribution in [2.75, 3.05) is 26.3 Å². The van der Waals surface area contributed by atoms with Gasteiger partial charge in [-0.25, -0.2) is 9.67 Å². The van der Waals surface area contributed by atoms with Crippen molar-refractivity contribution in [1.29, 1.82) is 5.26 Å². The molecule has 0 amide bonds. The van der Waals surface area contributed by atoms with Crippen LogP contribution in [0.15, 0.2) is 35.9 Å². The maximum atomic E-state index is 9.87. The Labute approximate surface area is 277 Å².